The van der Waals surface area contributed by atoms with Crippen LogP contribution in [0.4, 0.5) is 5.69 Å². The average Bonchev–Trinajstić information content (AvgIpc) is 2.37. The van der Waals surface area contributed by atoms with Gasteiger partial charge in [-0.15, -0.1) is 0 Å². The molecule has 0 atom stereocenters. The lowest BCUT2D eigenvalue weighted by molar-refractivity contribution is 0.0698. The van der Waals surface area contributed by atoms with Gasteiger partial charge >= 0.3 is 5.97 Å². The van der Waals surface area contributed by atoms with Crippen LogP contribution in [0.2, 0.25) is 0 Å². The molecule has 2 aromatic rings. The summed E-state index contributed by atoms with van der Waals surface area (Å²) in [5.74, 6) is -0.498. The summed E-state index contributed by atoms with van der Waals surface area (Å²) in [6.45, 7) is 0.402. The van der Waals surface area contributed by atoms with Crippen LogP contribution in [0.5, 0.6) is 5.75 Å². The van der Waals surface area contributed by atoms with E-state index < -0.39 is 5.97 Å². The molecular weight excluding hydrogens is 310 g/mol. The van der Waals surface area contributed by atoms with Gasteiger partial charge in [0.15, 0.2) is 0 Å². The quantitative estimate of drug-likeness (QED) is 0.847. The Morgan fingerprint density at radius 3 is 2.47 bits per heavy atom. The standard InChI is InChI=1S/C14H12BrNO3/c15-10-3-1-9(2-4-10)8-19-11-5-6-12(14(17)18)13(16)7-11/h1-7H,8,16H2,(H,17,18). The number of nitrogen functional groups attached to an aromatic ring is 1. The molecule has 0 bridgehead atoms. The Hall–Kier alpha value is -2.01. The number of carboxylic acid groups (broad SMARTS) is 1. The molecular formula is C14H12BrNO3. The van der Waals surface area contributed by atoms with Gasteiger partial charge in [-0.25, -0.2) is 4.79 Å². The van der Waals surface area contributed by atoms with E-state index >= 15 is 0 Å². The van der Waals surface area contributed by atoms with Gasteiger partial charge in [0.2, 0.25) is 0 Å². The van der Waals surface area contributed by atoms with E-state index in [4.69, 9.17) is 15.6 Å². The van der Waals surface area contributed by atoms with Crippen LogP contribution in [0, 0.1) is 0 Å². The highest BCUT2D eigenvalue weighted by Crippen LogP contribution is 2.21. The average molecular weight is 322 g/mol. The van der Waals surface area contributed by atoms with Gasteiger partial charge in [0.1, 0.15) is 12.4 Å². The van der Waals surface area contributed by atoms with Crippen LogP contribution in [-0.2, 0) is 6.61 Å². The van der Waals surface area contributed by atoms with Crippen molar-refractivity contribution in [3.05, 3.63) is 58.1 Å². The van der Waals surface area contributed by atoms with Crippen molar-refractivity contribution in [2.45, 2.75) is 6.61 Å². The fourth-order valence-electron chi connectivity index (χ4n) is 1.57. The van der Waals surface area contributed by atoms with Crippen LogP contribution in [0.25, 0.3) is 0 Å². The van der Waals surface area contributed by atoms with Crippen LogP contribution in [0.15, 0.2) is 46.9 Å². The van der Waals surface area contributed by atoms with E-state index in [2.05, 4.69) is 15.9 Å². The summed E-state index contributed by atoms with van der Waals surface area (Å²) in [4.78, 5) is 10.8. The fraction of sp³-hybridized carbons (Fsp3) is 0.0714. The van der Waals surface area contributed by atoms with E-state index in [0.29, 0.717) is 12.4 Å². The first-order valence-electron chi connectivity index (χ1n) is 5.56. The first-order chi connectivity index (χ1) is 9.06. The van der Waals surface area contributed by atoms with Crippen molar-refractivity contribution < 1.29 is 14.6 Å². The Bertz CT molecular complexity index is 596. The zero-order chi connectivity index (χ0) is 13.8. The van der Waals surface area contributed by atoms with E-state index in [1.807, 2.05) is 24.3 Å². The number of ether oxygens (including phenoxy) is 1. The number of anilines is 1. The Kier molecular flexibility index (Phi) is 4.06. The number of halogens is 1. The topological polar surface area (TPSA) is 72.5 Å². The molecule has 0 amide bonds. The zero-order valence-electron chi connectivity index (χ0n) is 9.97. The van der Waals surface area contributed by atoms with Gasteiger partial charge in [-0.1, -0.05) is 28.1 Å². The molecule has 0 heterocycles. The molecule has 0 aliphatic rings. The molecule has 3 N–H and O–H groups in total. The smallest absolute Gasteiger partial charge is 0.337 e. The van der Waals surface area contributed by atoms with Gasteiger partial charge in [-0.2, -0.15) is 0 Å². The van der Waals surface area contributed by atoms with E-state index in [1.54, 1.807) is 6.07 Å². The van der Waals surface area contributed by atoms with Gasteiger partial charge < -0.3 is 15.6 Å². The first-order valence-corrected chi connectivity index (χ1v) is 6.35. The summed E-state index contributed by atoms with van der Waals surface area (Å²) in [6, 6.07) is 12.3. The number of carbonyl (C=O) groups is 1. The van der Waals surface area contributed by atoms with Gasteiger partial charge in [-0.05, 0) is 29.8 Å². The highest BCUT2D eigenvalue weighted by molar-refractivity contribution is 9.10. The molecule has 0 saturated heterocycles. The second-order valence-electron chi connectivity index (χ2n) is 3.97. The summed E-state index contributed by atoms with van der Waals surface area (Å²) in [5.41, 5.74) is 6.94. The predicted molar refractivity (Wildman–Crippen MR) is 76.3 cm³/mol. The van der Waals surface area contributed by atoms with Crippen LogP contribution in [0.1, 0.15) is 15.9 Å². The van der Waals surface area contributed by atoms with Crippen molar-refractivity contribution in [1.29, 1.82) is 0 Å². The molecule has 0 aliphatic heterocycles. The SMILES string of the molecule is Nc1cc(OCc2ccc(Br)cc2)ccc1C(=O)O. The van der Waals surface area contributed by atoms with E-state index in [0.717, 1.165) is 10.0 Å². The molecule has 4 nitrogen and oxygen atoms in total. The van der Waals surface area contributed by atoms with Crippen molar-refractivity contribution in [3.8, 4) is 5.75 Å². The fourth-order valence-corrected chi connectivity index (χ4v) is 1.84. The van der Waals surface area contributed by atoms with Crippen molar-refractivity contribution in [2.24, 2.45) is 0 Å². The Balaban J connectivity index is 2.06. The maximum atomic E-state index is 10.8. The Morgan fingerprint density at radius 1 is 1.21 bits per heavy atom. The first kappa shape index (κ1) is 13.4. The molecule has 0 aliphatic carbocycles. The van der Waals surface area contributed by atoms with Gasteiger partial charge in [0, 0.05) is 16.2 Å². The number of nitrogens with two attached hydrogens (primary N) is 1. The molecule has 2 aromatic carbocycles. The largest absolute Gasteiger partial charge is 0.489 e. The Labute approximate surface area is 118 Å². The van der Waals surface area contributed by atoms with Crippen LogP contribution < -0.4 is 10.5 Å². The molecule has 2 rings (SSSR count). The number of hydrogen-bond acceptors (Lipinski definition) is 3. The number of hydrogen-bond donors (Lipinski definition) is 2. The van der Waals surface area contributed by atoms with Crippen molar-refractivity contribution in [1.82, 2.24) is 0 Å². The maximum absolute atomic E-state index is 10.8. The number of benzene rings is 2. The summed E-state index contributed by atoms with van der Waals surface area (Å²) >= 11 is 3.36. The zero-order valence-corrected chi connectivity index (χ0v) is 11.6. The molecule has 19 heavy (non-hydrogen) atoms. The lowest BCUT2D eigenvalue weighted by atomic mass is 10.2. The number of aromatic carboxylic acids is 1. The second kappa shape index (κ2) is 5.75. The van der Waals surface area contributed by atoms with Crippen LogP contribution >= 0.6 is 15.9 Å². The summed E-state index contributed by atoms with van der Waals surface area (Å²) in [7, 11) is 0. The normalized spacial score (nSPS) is 10.2. The lowest BCUT2D eigenvalue weighted by Crippen LogP contribution is -2.03. The van der Waals surface area contributed by atoms with Crippen molar-refractivity contribution in [2.75, 3.05) is 5.73 Å². The monoisotopic (exact) mass is 321 g/mol. The number of rotatable bonds is 4. The molecule has 5 heteroatoms. The molecule has 0 aromatic heterocycles. The molecule has 0 saturated carbocycles. The third-order valence-electron chi connectivity index (χ3n) is 2.57. The van der Waals surface area contributed by atoms with E-state index in [9.17, 15) is 4.79 Å². The molecule has 0 unspecified atom stereocenters. The molecule has 0 spiro atoms. The molecule has 0 radical (unpaired) electrons. The highest BCUT2D eigenvalue weighted by atomic mass is 79.9. The van der Waals surface area contributed by atoms with Gasteiger partial charge in [0.05, 0.1) is 5.56 Å². The third-order valence-corrected chi connectivity index (χ3v) is 3.10. The predicted octanol–water partition coefficient (Wildman–Crippen LogP) is 3.31. The van der Waals surface area contributed by atoms with Gasteiger partial charge in [-0.3, -0.25) is 0 Å². The minimum atomic E-state index is -1.04. The summed E-state index contributed by atoms with van der Waals surface area (Å²) in [6.07, 6.45) is 0. The third kappa shape index (κ3) is 3.48. The summed E-state index contributed by atoms with van der Waals surface area (Å²) < 4.78 is 6.57. The van der Waals surface area contributed by atoms with Crippen molar-refractivity contribution in [3.63, 3.8) is 0 Å². The van der Waals surface area contributed by atoms with E-state index in [-0.39, 0.29) is 11.3 Å². The minimum absolute atomic E-state index is 0.0796. The van der Waals surface area contributed by atoms with Crippen molar-refractivity contribution >= 4 is 27.6 Å². The molecule has 98 valence electrons. The minimum Gasteiger partial charge on any atom is -0.489 e. The van der Waals surface area contributed by atoms with Gasteiger partial charge in [0.25, 0.3) is 0 Å². The molecule has 0 fully saturated rings. The maximum Gasteiger partial charge on any atom is 0.337 e. The van der Waals surface area contributed by atoms with Crippen LogP contribution in [0.3, 0.4) is 0 Å². The van der Waals surface area contributed by atoms with E-state index in [1.165, 1.54) is 12.1 Å². The number of carboxylic acids is 1. The van der Waals surface area contributed by atoms with Crippen LogP contribution in [-0.4, -0.2) is 11.1 Å². The summed E-state index contributed by atoms with van der Waals surface area (Å²) in [5, 5.41) is 8.87. The Morgan fingerprint density at radius 2 is 1.89 bits per heavy atom. The highest BCUT2D eigenvalue weighted by Gasteiger charge is 2.08. The lowest BCUT2D eigenvalue weighted by Gasteiger charge is -2.08. The second-order valence-corrected chi connectivity index (χ2v) is 4.89.